The van der Waals surface area contributed by atoms with Crippen LogP contribution in [0.5, 0.6) is 5.75 Å². The lowest BCUT2D eigenvalue weighted by Gasteiger charge is -2.18. The number of nitrogens with zero attached hydrogens (tertiary/aromatic N) is 2. The van der Waals surface area contributed by atoms with Crippen molar-refractivity contribution in [2.24, 2.45) is 7.05 Å². The van der Waals surface area contributed by atoms with Gasteiger partial charge in [0.2, 0.25) is 0 Å². The van der Waals surface area contributed by atoms with Gasteiger partial charge in [0.1, 0.15) is 11.6 Å². The average Bonchev–Trinajstić information content (AvgIpc) is 2.70. The molecule has 1 aromatic heterocycles. The minimum Gasteiger partial charge on any atom is -0.507 e. The monoisotopic (exact) mass is 340 g/mol. The molecule has 0 unspecified atom stereocenters. The highest BCUT2D eigenvalue weighted by Gasteiger charge is 2.17. The summed E-state index contributed by atoms with van der Waals surface area (Å²) >= 11 is 3.36. The van der Waals surface area contributed by atoms with Crippen LogP contribution in [0.1, 0.15) is 16.1 Å². The van der Waals surface area contributed by atoms with E-state index in [1.807, 2.05) is 23.9 Å². The number of phenolic OH excluding ortho intramolecular Hbond substituents is 1. The van der Waals surface area contributed by atoms with Gasteiger partial charge < -0.3 is 14.6 Å². The molecular weight excluding hydrogens is 327 g/mol. The number of halogens is 2. The lowest BCUT2D eigenvalue weighted by Crippen LogP contribution is -2.27. The summed E-state index contributed by atoms with van der Waals surface area (Å²) in [6.45, 7) is 0.358. The maximum Gasteiger partial charge on any atom is 0.257 e. The summed E-state index contributed by atoms with van der Waals surface area (Å²) in [5.74, 6) is -1.21. The van der Waals surface area contributed by atoms with Crippen LogP contribution in [0.15, 0.2) is 34.9 Å². The highest BCUT2D eigenvalue weighted by molar-refractivity contribution is 9.10. The van der Waals surface area contributed by atoms with Crippen molar-refractivity contribution in [1.82, 2.24) is 9.47 Å². The van der Waals surface area contributed by atoms with Crippen LogP contribution in [0, 0.1) is 5.82 Å². The van der Waals surface area contributed by atoms with Gasteiger partial charge >= 0.3 is 0 Å². The van der Waals surface area contributed by atoms with Gasteiger partial charge in [-0.1, -0.05) is 0 Å². The first-order chi connectivity index (χ1) is 9.38. The molecule has 0 saturated carbocycles. The number of hydrogen-bond donors (Lipinski definition) is 1. The van der Waals surface area contributed by atoms with E-state index in [-0.39, 0.29) is 11.3 Å². The fourth-order valence-electron chi connectivity index (χ4n) is 1.92. The number of amides is 1. The maximum absolute atomic E-state index is 13.2. The van der Waals surface area contributed by atoms with Gasteiger partial charge in [-0.2, -0.15) is 0 Å². The number of hydrogen-bond acceptors (Lipinski definition) is 2. The maximum atomic E-state index is 13.2. The van der Waals surface area contributed by atoms with Crippen LogP contribution in [0.3, 0.4) is 0 Å². The molecule has 6 heteroatoms. The Balaban J connectivity index is 2.20. The Morgan fingerprint density at radius 3 is 2.75 bits per heavy atom. The summed E-state index contributed by atoms with van der Waals surface area (Å²) < 4.78 is 16.0. The number of carbonyl (C=O) groups excluding carboxylic acids is 1. The number of carbonyl (C=O) groups is 1. The van der Waals surface area contributed by atoms with Gasteiger partial charge in [0.15, 0.2) is 0 Å². The van der Waals surface area contributed by atoms with E-state index in [0.29, 0.717) is 6.54 Å². The Bertz CT molecular complexity index is 655. The van der Waals surface area contributed by atoms with Crippen LogP contribution in [0.25, 0.3) is 0 Å². The highest BCUT2D eigenvalue weighted by atomic mass is 79.9. The molecule has 0 spiro atoms. The number of aryl methyl sites for hydroxylation is 1. The topological polar surface area (TPSA) is 45.5 Å². The second-order valence-electron chi connectivity index (χ2n) is 4.58. The smallest absolute Gasteiger partial charge is 0.257 e. The van der Waals surface area contributed by atoms with Crippen LogP contribution in [-0.2, 0) is 13.6 Å². The third-order valence-corrected chi connectivity index (χ3v) is 3.44. The van der Waals surface area contributed by atoms with Gasteiger partial charge in [0.25, 0.3) is 5.91 Å². The molecule has 0 aliphatic heterocycles. The van der Waals surface area contributed by atoms with E-state index < -0.39 is 11.7 Å². The molecule has 1 heterocycles. The molecule has 20 heavy (non-hydrogen) atoms. The standard InChI is InChI=1S/C14H14BrFN2O2/c1-17-7-9(15)5-11(17)8-18(2)14(20)12-6-10(16)3-4-13(12)19/h3-7,19H,8H2,1-2H3. The number of phenols is 1. The molecule has 1 N–H and O–H groups in total. The van der Waals surface area contributed by atoms with Crippen molar-refractivity contribution in [3.63, 3.8) is 0 Å². The van der Waals surface area contributed by atoms with E-state index in [9.17, 15) is 14.3 Å². The number of aromatic hydroxyl groups is 1. The van der Waals surface area contributed by atoms with Gasteiger partial charge in [0.05, 0.1) is 12.1 Å². The predicted octanol–water partition coefficient (Wildman–Crippen LogP) is 2.90. The summed E-state index contributed by atoms with van der Waals surface area (Å²) in [7, 11) is 3.48. The molecule has 0 aliphatic carbocycles. The zero-order valence-corrected chi connectivity index (χ0v) is 12.7. The first-order valence-corrected chi connectivity index (χ1v) is 6.72. The Hall–Kier alpha value is -1.82. The molecule has 0 atom stereocenters. The highest BCUT2D eigenvalue weighted by Crippen LogP contribution is 2.21. The van der Waals surface area contributed by atoms with E-state index in [2.05, 4.69) is 15.9 Å². The van der Waals surface area contributed by atoms with Crippen molar-refractivity contribution >= 4 is 21.8 Å². The minimum atomic E-state index is -0.554. The average molecular weight is 341 g/mol. The van der Waals surface area contributed by atoms with E-state index in [4.69, 9.17) is 0 Å². The van der Waals surface area contributed by atoms with Gasteiger partial charge in [-0.25, -0.2) is 4.39 Å². The van der Waals surface area contributed by atoms with Crippen molar-refractivity contribution in [3.8, 4) is 5.75 Å². The first-order valence-electron chi connectivity index (χ1n) is 5.93. The fraction of sp³-hybridized carbons (Fsp3) is 0.214. The minimum absolute atomic E-state index is 0.0409. The van der Waals surface area contributed by atoms with Gasteiger partial charge in [-0.15, -0.1) is 0 Å². The third kappa shape index (κ3) is 3.01. The van der Waals surface area contributed by atoms with Crippen molar-refractivity contribution in [1.29, 1.82) is 0 Å². The summed E-state index contributed by atoms with van der Waals surface area (Å²) in [6.07, 6.45) is 1.88. The predicted molar refractivity (Wildman–Crippen MR) is 77.0 cm³/mol. The fourth-order valence-corrected chi connectivity index (χ4v) is 2.49. The van der Waals surface area contributed by atoms with E-state index in [0.717, 1.165) is 22.3 Å². The van der Waals surface area contributed by atoms with Crippen LogP contribution in [-0.4, -0.2) is 27.5 Å². The SMILES string of the molecule is CN(Cc1cc(Br)cn1C)C(=O)c1cc(F)ccc1O. The molecular formula is C14H14BrFN2O2. The van der Waals surface area contributed by atoms with Gasteiger partial charge in [-0.3, -0.25) is 4.79 Å². The zero-order chi connectivity index (χ0) is 14.9. The Labute approximate surface area is 124 Å². The van der Waals surface area contributed by atoms with Crippen molar-refractivity contribution in [2.45, 2.75) is 6.54 Å². The Morgan fingerprint density at radius 1 is 1.45 bits per heavy atom. The van der Waals surface area contributed by atoms with Crippen LogP contribution >= 0.6 is 15.9 Å². The number of aromatic nitrogens is 1. The van der Waals surface area contributed by atoms with Gasteiger partial charge in [0, 0.05) is 30.5 Å². The van der Waals surface area contributed by atoms with Crippen molar-refractivity contribution in [2.75, 3.05) is 7.05 Å². The third-order valence-electron chi connectivity index (χ3n) is 3.01. The van der Waals surface area contributed by atoms with Gasteiger partial charge in [-0.05, 0) is 40.2 Å². The lowest BCUT2D eigenvalue weighted by atomic mass is 10.1. The first kappa shape index (κ1) is 14.6. The zero-order valence-electron chi connectivity index (χ0n) is 11.1. The number of rotatable bonds is 3. The molecule has 0 saturated heterocycles. The molecule has 1 amide bonds. The molecule has 1 aromatic carbocycles. The Morgan fingerprint density at radius 2 is 2.15 bits per heavy atom. The quantitative estimate of drug-likeness (QED) is 0.933. The van der Waals surface area contributed by atoms with Crippen molar-refractivity contribution < 1.29 is 14.3 Å². The molecule has 2 rings (SSSR count). The largest absolute Gasteiger partial charge is 0.507 e. The second kappa shape index (κ2) is 5.66. The molecule has 106 valence electrons. The summed E-state index contributed by atoms with van der Waals surface area (Å²) in [4.78, 5) is 13.6. The normalized spacial score (nSPS) is 10.6. The Kier molecular flexibility index (Phi) is 4.13. The summed E-state index contributed by atoms with van der Waals surface area (Å²) in [6, 6.07) is 5.22. The molecule has 2 aromatic rings. The summed E-state index contributed by atoms with van der Waals surface area (Å²) in [5, 5.41) is 9.65. The van der Waals surface area contributed by atoms with E-state index >= 15 is 0 Å². The molecule has 0 radical (unpaired) electrons. The van der Waals surface area contributed by atoms with Crippen LogP contribution in [0.2, 0.25) is 0 Å². The van der Waals surface area contributed by atoms with Crippen LogP contribution in [0.4, 0.5) is 4.39 Å². The molecule has 4 nitrogen and oxygen atoms in total. The summed E-state index contributed by atoms with van der Waals surface area (Å²) in [5.41, 5.74) is 0.879. The second-order valence-corrected chi connectivity index (χ2v) is 5.50. The van der Waals surface area contributed by atoms with E-state index in [1.54, 1.807) is 7.05 Å². The van der Waals surface area contributed by atoms with Crippen LogP contribution < -0.4 is 0 Å². The molecule has 0 bridgehead atoms. The number of benzene rings is 1. The molecule has 0 aliphatic rings. The molecule has 0 fully saturated rings. The lowest BCUT2D eigenvalue weighted by molar-refractivity contribution is 0.0779. The van der Waals surface area contributed by atoms with Crippen molar-refractivity contribution in [3.05, 3.63) is 52.0 Å². The van der Waals surface area contributed by atoms with E-state index in [1.165, 1.54) is 11.0 Å².